The molecule has 4 amide bonds. The number of aryl methyl sites for hydroxylation is 1. The van der Waals surface area contributed by atoms with E-state index in [-0.39, 0.29) is 19.1 Å². The predicted octanol–water partition coefficient (Wildman–Crippen LogP) is -0.0929. The van der Waals surface area contributed by atoms with Crippen molar-refractivity contribution in [1.29, 1.82) is 0 Å². The maximum atomic E-state index is 13.1. The van der Waals surface area contributed by atoms with Gasteiger partial charge in [-0.15, -0.1) is 0 Å². The first-order valence-corrected chi connectivity index (χ1v) is 9.70. The van der Waals surface area contributed by atoms with Crippen LogP contribution in [0, 0.1) is 6.92 Å². The number of hydrogen-bond donors (Lipinski definition) is 2. The van der Waals surface area contributed by atoms with Gasteiger partial charge in [0, 0.05) is 32.7 Å². The van der Waals surface area contributed by atoms with Crippen LogP contribution in [0.4, 0.5) is 4.79 Å². The number of ether oxygens (including phenoxy) is 1. The highest BCUT2D eigenvalue weighted by atomic mass is 16.5. The Bertz CT molecular complexity index is 806. The molecule has 0 bridgehead atoms. The first-order valence-electron chi connectivity index (χ1n) is 9.70. The molecule has 0 aromatic heterocycles. The summed E-state index contributed by atoms with van der Waals surface area (Å²) in [6.45, 7) is 6.24. The van der Waals surface area contributed by atoms with Crippen LogP contribution in [-0.2, 0) is 15.1 Å². The van der Waals surface area contributed by atoms with Crippen molar-refractivity contribution in [2.45, 2.75) is 19.4 Å². The number of amides is 4. The lowest BCUT2D eigenvalue weighted by molar-refractivity contribution is -0.139. The minimum atomic E-state index is -1.23. The number of methoxy groups -OCH3 is 1. The van der Waals surface area contributed by atoms with E-state index in [1.54, 1.807) is 31.1 Å². The van der Waals surface area contributed by atoms with Crippen LogP contribution in [0.3, 0.4) is 0 Å². The molecule has 1 unspecified atom stereocenters. The van der Waals surface area contributed by atoms with Crippen molar-refractivity contribution in [2.24, 2.45) is 0 Å². The largest absolute Gasteiger partial charge is 0.496 e. The first-order chi connectivity index (χ1) is 13.8. The van der Waals surface area contributed by atoms with Gasteiger partial charge in [-0.25, -0.2) is 4.79 Å². The molecule has 0 spiro atoms. The topological polar surface area (TPSA) is 102 Å². The average Bonchev–Trinajstić information content (AvgIpc) is 2.92. The van der Waals surface area contributed by atoms with E-state index in [1.165, 1.54) is 0 Å². The Morgan fingerprint density at radius 1 is 1.24 bits per heavy atom. The summed E-state index contributed by atoms with van der Waals surface area (Å²) in [5, 5.41) is 11.7. The van der Waals surface area contributed by atoms with Crippen molar-refractivity contribution in [1.82, 2.24) is 20.0 Å². The number of nitrogens with one attached hydrogen (secondary N) is 1. The van der Waals surface area contributed by atoms with Gasteiger partial charge < -0.3 is 20.1 Å². The second kappa shape index (κ2) is 8.38. The summed E-state index contributed by atoms with van der Waals surface area (Å²) in [6.07, 6.45) is 0. The number of benzene rings is 1. The molecule has 158 valence electrons. The van der Waals surface area contributed by atoms with Gasteiger partial charge in [0.05, 0.1) is 13.7 Å². The molecule has 2 heterocycles. The highest BCUT2D eigenvalue weighted by Gasteiger charge is 2.49. The van der Waals surface area contributed by atoms with Gasteiger partial charge in [-0.05, 0) is 37.1 Å². The van der Waals surface area contributed by atoms with Gasteiger partial charge in [-0.1, -0.05) is 6.07 Å². The van der Waals surface area contributed by atoms with Crippen molar-refractivity contribution in [2.75, 3.05) is 53.0 Å². The lowest BCUT2D eigenvalue weighted by atomic mass is 9.90. The normalized spacial score (nSPS) is 22.8. The molecule has 2 fully saturated rings. The smallest absolute Gasteiger partial charge is 0.325 e. The van der Waals surface area contributed by atoms with Crippen LogP contribution in [0.1, 0.15) is 18.1 Å². The zero-order valence-electron chi connectivity index (χ0n) is 17.1. The first kappa shape index (κ1) is 21.1. The molecule has 1 atom stereocenters. The number of piperazine rings is 1. The molecule has 9 heteroatoms. The maximum absolute atomic E-state index is 13.1. The molecular weight excluding hydrogens is 376 g/mol. The van der Waals surface area contributed by atoms with Crippen LogP contribution in [0.25, 0.3) is 0 Å². The zero-order chi connectivity index (χ0) is 21.2. The average molecular weight is 404 g/mol. The number of hydrogen-bond acceptors (Lipinski definition) is 6. The van der Waals surface area contributed by atoms with E-state index >= 15 is 0 Å². The summed E-state index contributed by atoms with van der Waals surface area (Å²) in [6, 6.07) is 4.74. The van der Waals surface area contributed by atoms with Gasteiger partial charge in [-0.3, -0.25) is 19.4 Å². The fourth-order valence-corrected chi connectivity index (χ4v) is 3.82. The minimum Gasteiger partial charge on any atom is -0.496 e. The van der Waals surface area contributed by atoms with Crippen LogP contribution < -0.4 is 10.1 Å². The molecule has 0 saturated carbocycles. The monoisotopic (exact) mass is 404 g/mol. The van der Waals surface area contributed by atoms with E-state index in [2.05, 4.69) is 10.2 Å². The van der Waals surface area contributed by atoms with E-state index in [9.17, 15) is 14.4 Å². The summed E-state index contributed by atoms with van der Waals surface area (Å²) < 4.78 is 5.26. The van der Waals surface area contributed by atoms with Crippen LogP contribution >= 0.6 is 0 Å². The molecule has 9 nitrogen and oxygen atoms in total. The Labute approximate surface area is 170 Å². The lowest BCUT2D eigenvalue weighted by Gasteiger charge is -2.34. The Morgan fingerprint density at radius 2 is 1.93 bits per heavy atom. The molecule has 29 heavy (non-hydrogen) atoms. The van der Waals surface area contributed by atoms with Gasteiger partial charge in [0.25, 0.3) is 5.91 Å². The van der Waals surface area contributed by atoms with Crippen molar-refractivity contribution in [3.8, 4) is 5.75 Å². The van der Waals surface area contributed by atoms with Crippen molar-refractivity contribution >= 4 is 17.8 Å². The molecule has 3 rings (SSSR count). The Hall–Kier alpha value is -2.65. The Kier molecular flexibility index (Phi) is 6.09. The number of carbonyl (C=O) groups excluding carboxylic acids is 3. The molecule has 0 aliphatic carbocycles. The summed E-state index contributed by atoms with van der Waals surface area (Å²) in [5.74, 6) is -0.00635. The standard InChI is InChI=1S/C20H28N4O5/c1-14-12-15(4-5-16(14)29-3)20(2)18(27)24(19(28)21-20)13-17(26)23-8-6-22(7-9-23)10-11-25/h4-5,12,25H,6-11,13H2,1-3H3,(H,21,28). The van der Waals surface area contributed by atoms with Gasteiger partial charge >= 0.3 is 6.03 Å². The third-order valence-electron chi connectivity index (χ3n) is 5.68. The van der Waals surface area contributed by atoms with Crippen LogP contribution in [0.15, 0.2) is 18.2 Å². The van der Waals surface area contributed by atoms with E-state index < -0.39 is 17.5 Å². The molecule has 2 saturated heterocycles. The third kappa shape index (κ3) is 4.06. The number of β-amino-alcohol motifs (C(OH)–C–C–N with tert-alkyl or cyclic N) is 1. The summed E-state index contributed by atoms with van der Waals surface area (Å²) >= 11 is 0. The molecule has 2 aliphatic heterocycles. The van der Waals surface area contributed by atoms with Gasteiger partial charge in [0.2, 0.25) is 5.91 Å². The molecule has 2 aliphatic rings. The van der Waals surface area contributed by atoms with E-state index in [1.807, 2.05) is 13.0 Å². The van der Waals surface area contributed by atoms with E-state index in [0.717, 1.165) is 10.5 Å². The molecule has 1 aromatic carbocycles. The number of urea groups is 1. The fourth-order valence-electron chi connectivity index (χ4n) is 3.82. The van der Waals surface area contributed by atoms with Crippen molar-refractivity contribution in [3.63, 3.8) is 0 Å². The second-order valence-electron chi connectivity index (χ2n) is 7.58. The van der Waals surface area contributed by atoms with Crippen LogP contribution in [0.5, 0.6) is 5.75 Å². The number of nitrogens with zero attached hydrogens (tertiary/aromatic N) is 3. The molecule has 2 N–H and O–H groups in total. The lowest BCUT2D eigenvalue weighted by Crippen LogP contribution is -2.52. The quantitative estimate of drug-likeness (QED) is 0.643. The minimum absolute atomic E-state index is 0.0831. The van der Waals surface area contributed by atoms with Gasteiger partial charge in [-0.2, -0.15) is 0 Å². The Balaban J connectivity index is 1.69. The van der Waals surface area contributed by atoms with E-state index in [0.29, 0.717) is 44.0 Å². The zero-order valence-corrected chi connectivity index (χ0v) is 17.1. The van der Waals surface area contributed by atoms with Crippen LogP contribution in [-0.4, -0.2) is 90.6 Å². The Morgan fingerprint density at radius 3 is 2.52 bits per heavy atom. The number of aliphatic hydroxyl groups is 1. The van der Waals surface area contributed by atoms with Crippen LogP contribution in [0.2, 0.25) is 0 Å². The van der Waals surface area contributed by atoms with Gasteiger partial charge in [0.1, 0.15) is 17.8 Å². The molecule has 1 aromatic rings. The van der Waals surface area contributed by atoms with Crippen molar-refractivity contribution in [3.05, 3.63) is 29.3 Å². The highest BCUT2D eigenvalue weighted by molar-refractivity contribution is 6.09. The summed E-state index contributed by atoms with van der Waals surface area (Å²) in [5.41, 5.74) is 0.263. The molecule has 0 radical (unpaired) electrons. The number of rotatable bonds is 6. The summed E-state index contributed by atoms with van der Waals surface area (Å²) in [4.78, 5) is 42.9. The summed E-state index contributed by atoms with van der Waals surface area (Å²) in [7, 11) is 1.57. The highest BCUT2D eigenvalue weighted by Crippen LogP contribution is 2.31. The molecular formula is C20H28N4O5. The number of aliphatic hydroxyl groups excluding tert-OH is 1. The van der Waals surface area contributed by atoms with Crippen molar-refractivity contribution < 1.29 is 24.2 Å². The third-order valence-corrected chi connectivity index (χ3v) is 5.68. The van der Waals surface area contributed by atoms with E-state index in [4.69, 9.17) is 9.84 Å². The fraction of sp³-hybridized carbons (Fsp3) is 0.550. The SMILES string of the molecule is COc1ccc(C2(C)NC(=O)N(CC(=O)N3CCN(CCO)CC3)C2=O)cc1C. The maximum Gasteiger partial charge on any atom is 0.325 e. The predicted molar refractivity (Wildman–Crippen MR) is 105 cm³/mol. The second-order valence-corrected chi connectivity index (χ2v) is 7.58. The van der Waals surface area contributed by atoms with Gasteiger partial charge in [0.15, 0.2) is 0 Å². The number of carbonyl (C=O) groups is 3. The number of imide groups is 1.